The summed E-state index contributed by atoms with van der Waals surface area (Å²) in [4.78, 5) is 2.23. The first-order valence-electron chi connectivity index (χ1n) is 9.29. The molecule has 2 nitrogen and oxygen atoms in total. The molecule has 0 aromatic heterocycles. The van der Waals surface area contributed by atoms with Crippen molar-refractivity contribution in [2.24, 2.45) is 0 Å². The van der Waals surface area contributed by atoms with Crippen LogP contribution >= 0.6 is 0 Å². The number of rotatable bonds is 5. The van der Waals surface area contributed by atoms with Crippen molar-refractivity contribution in [1.82, 2.24) is 4.90 Å². The van der Waals surface area contributed by atoms with Gasteiger partial charge >= 0.3 is 165 Å². The average Bonchev–Trinajstić information content (AvgIpc) is 3.02. The van der Waals surface area contributed by atoms with Crippen LogP contribution in [0.2, 0.25) is 3.72 Å². The molecule has 0 spiro atoms. The van der Waals surface area contributed by atoms with Crippen molar-refractivity contribution < 1.29 is 46.4 Å². The minimum Gasteiger partial charge on any atom is -1.00 e. The number of halogens is 2. The maximum Gasteiger partial charge on any atom is -1.00 e. The average molecular weight is 455 g/mol. The fourth-order valence-electron chi connectivity index (χ4n) is 3.81. The van der Waals surface area contributed by atoms with Gasteiger partial charge in [0.1, 0.15) is 0 Å². The molecule has 151 valence electrons. The van der Waals surface area contributed by atoms with Crippen LogP contribution in [-0.2, 0) is 21.6 Å². The van der Waals surface area contributed by atoms with E-state index in [-0.39, 0.29) is 28.5 Å². The van der Waals surface area contributed by atoms with Crippen molar-refractivity contribution >= 4 is 20.2 Å². The van der Waals surface area contributed by atoms with Gasteiger partial charge in [0.05, 0.1) is 0 Å². The Labute approximate surface area is 189 Å². The topological polar surface area (TPSA) is 12.5 Å². The van der Waals surface area contributed by atoms with Gasteiger partial charge in [0.2, 0.25) is 0 Å². The number of fused-ring (bicyclic) bond motifs is 1. The minimum atomic E-state index is -1.96. The van der Waals surface area contributed by atoms with E-state index < -0.39 is 18.3 Å². The quantitative estimate of drug-likeness (QED) is 0.545. The van der Waals surface area contributed by atoms with Crippen LogP contribution < -0.4 is 28.7 Å². The molecule has 0 fully saturated rings. The molecule has 0 unspecified atom stereocenters. The summed E-state index contributed by atoms with van der Waals surface area (Å²) in [5, 5.41) is 2.69. The maximum atomic E-state index is 6.21. The zero-order chi connectivity index (χ0) is 18.9. The fourth-order valence-corrected chi connectivity index (χ4v) is 7.76. The van der Waals surface area contributed by atoms with Crippen molar-refractivity contribution in [2.75, 3.05) is 27.7 Å². The van der Waals surface area contributed by atoms with Crippen LogP contribution in [0.1, 0.15) is 32.8 Å². The number of likely N-dealkylation sites (N-methyl/N-ethyl adjacent to an activating group) is 1. The van der Waals surface area contributed by atoms with Crippen LogP contribution in [0.3, 0.4) is 0 Å². The Morgan fingerprint density at radius 3 is 2.32 bits per heavy atom. The molecule has 0 amide bonds. The summed E-state index contributed by atoms with van der Waals surface area (Å²) in [7, 11) is 6.16. The summed E-state index contributed by atoms with van der Waals surface area (Å²) in [5.41, 5.74) is 4.26. The zero-order valence-corrected chi connectivity index (χ0v) is 20.7. The van der Waals surface area contributed by atoms with Gasteiger partial charge in [-0.05, 0) is 0 Å². The minimum absolute atomic E-state index is 0. The third kappa shape index (κ3) is 5.50. The monoisotopic (exact) mass is 454 g/mol. The maximum absolute atomic E-state index is 6.21. The van der Waals surface area contributed by atoms with Gasteiger partial charge in [-0.25, -0.2) is 0 Å². The SMILES string of the molecule is C[O][Ti+2]([c]1c(C2=CC(CN(C)C)=CC2)ccc2ccccc12)[C](C)(C)C.[Cl-].[Cl-]. The van der Waals surface area contributed by atoms with Crippen molar-refractivity contribution in [1.29, 1.82) is 0 Å². The molecule has 1 aliphatic carbocycles. The van der Waals surface area contributed by atoms with E-state index in [4.69, 9.17) is 3.32 Å². The standard InChI is InChI=1S/C18H18N.C4H9.CH3O.2ClH.Ti/c1-19(2)13-14-7-8-17(11-14)18-10-9-15-5-3-4-6-16(15)12-18;1-4(2)3;1-2;;;/h3-7,9-11H,8,13H2,1-2H3;1-3H3;1H3;2*1H;/q;;-1;;;+3/p-2. The second-order valence-corrected chi connectivity index (χ2v) is 13.2. The summed E-state index contributed by atoms with van der Waals surface area (Å²) in [6.07, 6.45) is 5.79. The molecule has 1 aliphatic rings. The van der Waals surface area contributed by atoms with Crippen LogP contribution in [0, 0.1) is 0 Å². The molecule has 0 atom stereocenters. The zero-order valence-electron chi connectivity index (χ0n) is 17.6. The predicted octanol–water partition coefficient (Wildman–Crippen LogP) is -0.854. The summed E-state index contributed by atoms with van der Waals surface area (Å²) in [5.74, 6) is 0. The number of nitrogens with zero attached hydrogens (tertiary/aromatic N) is 1. The molecule has 28 heavy (non-hydrogen) atoms. The molecule has 0 bridgehead atoms. The fraction of sp³-hybridized carbons (Fsp3) is 0.391. The van der Waals surface area contributed by atoms with Crippen LogP contribution in [0.15, 0.2) is 54.1 Å². The molecule has 0 saturated carbocycles. The van der Waals surface area contributed by atoms with Gasteiger partial charge in [0, 0.05) is 0 Å². The Kier molecular flexibility index (Phi) is 9.47. The van der Waals surface area contributed by atoms with E-state index >= 15 is 0 Å². The third-order valence-electron chi connectivity index (χ3n) is 4.83. The molecular weight excluding hydrogens is 425 g/mol. The van der Waals surface area contributed by atoms with Crippen molar-refractivity contribution in [3.8, 4) is 0 Å². The molecule has 3 rings (SSSR count). The van der Waals surface area contributed by atoms with Crippen molar-refractivity contribution in [3.63, 3.8) is 0 Å². The molecule has 0 saturated heterocycles. The molecule has 0 heterocycles. The molecule has 5 heteroatoms. The number of hydrogen-bond donors (Lipinski definition) is 0. The smallest absolute Gasteiger partial charge is 1.00 e. The molecule has 2 aromatic rings. The normalized spacial score (nSPS) is 13.7. The van der Waals surface area contributed by atoms with E-state index in [0.29, 0.717) is 0 Å². The molecule has 0 aliphatic heterocycles. The Balaban J connectivity index is 0.00000196. The second kappa shape index (κ2) is 10.4. The Morgan fingerprint density at radius 2 is 1.71 bits per heavy atom. The summed E-state index contributed by atoms with van der Waals surface area (Å²) >= 11 is -1.96. The van der Waals surface area contributed by atoms with Crippen LogP contribution in [0.25, 0.3) is 16.3 Å². The first-order valence-corrected chi connectivity index (χ1v) is 11.5. The first kappa shape index (κ1) is 25.4. The van der Waals surface area contributed by atoms with Gasteiger partial charge in [-0.2, -0.15) is 0 Å². The molecule has 2 aromatic carbocycles. The summed E-state index contributed by atoms with van der Waals surface area (Å²) in [6, 6.07) is 13.4. The molecule has 0 N–H and O–H groups in total. The van der Waals surface area contributed by atoms with Gasteiger partial charge in [0.25, 0.3) is 0 Å². The van der Waals surface area contributed by atoms with E-state index in [0.717, 1.165) is 13.0 Å². The summed E-state index contributed by atoms with van der Waals surface area (Å²) in [6.45, 7) is 7.99. The Bertz CT molecular complexity index is 869. The van der Waals surface area contributed by atoms with Crippen LogP contribution in [-0.4, -0.2) is 32.6 Å². The van der Waals surface area contributed by atoms with Crippen molar-refractivity contribution in [2.45, 2.75) is 30.9 Å². The largest absolute Gasteiger partial charge is 1.00 e. The number of benzene rings is 2. The van der Waals surface area contributed by atoms with Gasteiger partial charge in [-0.3, -0.25) is 0 Å². The molecule has 0 radical (unpaired) electrons. The van der Waals surface area contributed by atoms with Crippen LogP contribution in [0.4, 0.5) is 0 Å². The van der Waals surface area contributed by atoms with Crippen molar-refractivity contribution in [3.05, 3.63) is 59.7 Å². The number of allylic oxidation sites excluding steroid dienone is 2. The summed E-state index contributed by atoms with van der Waals surface area (Å²) < 4.78 is 7.89. The van der Waals surface area contributed by atoms with E-state index in [1.54, 1.807) is 0 Å². The van der Waals surface area contributed by atoms with E-state index in [1.165, 1.54) is 31.4 Å². The number of hydrogen-bond acceptors (Lipinski definition) is 2. The predicted molar refractivity (Wildman–Crippen MR) is 110 cm³/mol. The van der Waals surface area contributed by atoms with E-state index in [2.05, 4.69) is 88.3 Å². The third-order valence-corrected chi connectivity index (χ3v) is 9.15. The van der Waals surface area contributed by atoms with E-state index in [9.17, 15) is 0 Å². The van der Waals surface area contributed by atoms with Gasteiger partial charge in [-0.1, -0.05) is 0 Å². The first-order chi connectivity index (χ1) is 12.3. The second-order valence-electron chi connectivity index (χ2n) is 8.38. The van der Waals surface area contributed by atoms with E-state index in [1.807, 2.05) is 7.11 Å². The van der Waals surface area contributed by atoms with Crippen LogP contribution in [0.5, 0.6) is 0 Å². The molecular formula is C23H30Cl2NOTi. The Morgan fingerprint density at radius 1 is 1.04 bits per heavy atom. The van der Waals surface area contributed by atoms with Gasteiger partial charge in [0.15, 0.2) is 0 Å². The van der Waals surface area contributed by atoms with Gasteiger partial charge in [-0.15, -0.1) is 0 Å². The van der Waals surface area contributed by atoms with Gasteiger partial charge < -0.3 is 24.8 Å². The Hall–Kier alpha value is -0.606.